The maximum atomic E-state index is 10.4. The Morgan fingerprint density at radius 3 is 2.24 bits per heavy atom. The number of ether oxygens (including phenoxy) is 1. The Hall–Kier alpha value is -1.61. The molecule has 0 saturated carbocycles. The molecule has 3 heteroatoms. The molecular weight excluding hydrogens is 312 g/mol. The van der Waals surface area contributed by atoms with Gasteiger partial charge in [-0.1, -0.05) is 61.7 Å². The van der Waals surface area contributed by atoms with Crippen molar-refractivity contribution in [3.63, 3.8) is 0 Å². The third kappa shape index (κ3) is 14.4. The van der Waals surface area contributed by atoms with E-state index >= 15 is 0 Å². The Kier molecular flexibility index (Phi) is 13.6. The van der Waals surface area contributed by atoms with Crippen molar-refractivity contribution in [3.05, 3.63) is 48.0 Å². The van der Waals surface area contributed by atoms with Crippen LogP contribution in [0.4, 0.5) is 0 Å². The van der Waals surface area contributed by atoms with Gasteiger partial charge in [0, 0.05) is 19.6 Å². The van der Waals surface area contributed by atoms with E-state index in [4.69, 9.17) is 9.84 Å². The first kappa shape index (κ1) is 21.4. The van der Waals surface area contributed by atoms with Gasteiger partial charge in [-0.2, -0.15) is 0 Å². The molecule has 0 fully saturated rings. The van der Waals surface area contributed by atoms with E-state index in [0.29, 0.717) is 0 Å². The van der Waals surface area contributed by atoms with Gasteiger partial charge in [-0.05, 0) is 50.5 Å². The second-order valence-electron chi connectivity index (χ2n) is 6.52. The van der Waals surface area contributed by atoms with Gasteiger partial charge in [-0.3, -0.25) is 4.79 Å². The Bertz CT molecular complexity index is 454. The van der Waals surface area contributed by atoms with Crippen molar-refractivity contribution in [2.45, 2.75) is 70.6 Å². The second kappa shape index (κ2) is 15.9. The van der Waals surface area contributed by atoms with Gasteiger partial charge in [-0.15, -0.1) is 0 Å². The van der Waals surface area contributed by atoms with Crippen molar-refractivity contribution in [1.29, 1.82) is 0 Å². The lowest BCUT2D eigenvalue weighted by Gasteiger charge is -2.04. The molecule has 25 heavy (non-hydrogen) atoms. The van der Waals surface area contributed by atoms with Gasteiger partial charge >= 0.3 is 5.97 Å². The number of carboxylic acid groups (broad SMARTS) is 1. The lowest BCUT2D eigenvalue weighted by Crippen LogP contribution is -1.98. The van der Waals surface area contributed by atoms with Crippen molar-refractivity contribution in [1.82, 2.24) is 0 Å². The molecule has 0 heterocycles. The molecule has 140 valence electrons. The van der Waals surface area contributed by atoms with Gasteiger partial charge in [0.15, 0.2) is 0 Å². The predicted molar refractivity (Wildman–Crippen MR) is 104 cm³/mol. The first-order chi connectivity index (χ1) is 12.3. The number of aryl methyl sites for hydroxylation is 1. The molecule has 0 aliphatic carbocycles. The van der Waals surface area contributed by atoms with Crippen LogP contribution < -0.4 is 0 Å². The highest BCUT2D eigenvalue weighted by Gasteiger charge is 1.95. The zero-order valence-electron chi connectivity index (χ0n) is 15.5. The number of hydrogen-bond donors (Lipinski definition) is 1. The molecule has 1 rings (SSSR count). The fraction of sp³-hybridized carbons (Fsp3) is 0.591. The molecule has 3 nitrogen and oxygen atoms in total. The molecule has 1 aromatic rings. The Labute approximate surface area is 153 Å². The Morgan fingerprint density at radius 2 is 1.48 bits per heavy atom. The van der Waals surface area contributed by atoms with E-state index in [2.05, 4.69) is 42.5 Å². The van der Waals surface area contributed by atoms with Gasteiger partial charge in [0.05, 0.1) is 0 Å². The molecule has 1 N–H and O–H groups in total. The molecule has 0 bridgehead atoms. The quantitative estimate of drug-likeness (QED) is 0.304. The molecule has 0 radical (unpaired) electrons. The highest BCUT2D eigenvalue weighted by Crippen LogP contribution is 2.07. The number of allylic oxidation sites excluding steroid dienone is 2. The summed E-state index contributed by atoms with van der Waals surface area (Å²) in [6, 6.07) is 10.6. The van der Waals surface area contributed by atoms with Crippen LogP contribution in [0.2, 0.25) is 0 Å². The summed E-state index contributed by atoms with van der Waals surface area (Å²) in [6.45, 7) is 1.75. The zero-order valence-corrected chi connectivity index (χ0v) is 15.5. The normalized spacial score (nSPS) is 11.2. The number of carboxylic acids is 1. The standard InChI is InChI=1S/C22H34O3/c23-22(24)18-12-7-5-3-1-2-4-6-8-13-19-25-20-14-17-21-15-10-9-11-16-21/h3,5,9-11,15-16H,1-2,4,6-8,12-14,17-20H2,(H,23,24)/b5-3-. The fourth-order valence-corrected chi connectivity index (χ4v) is 2.73. The van der Waals surface area contributed by atoms with E-state index in [-0.39, 0.29) is 6.42 Å². The van der Waals surface area contributed by atoms with E-state index in [0.717, 1.165) is 51.7 Å². The van der Waals surface area contributed by atoms with E-state index in [1.165, 1.54) is 31.2 Å². The smallest absolute Gasteiger partial charge is 0.303 e. The predicted octanol–water partition coefficient (Wildman–Crippen LogP) is 5.79. The van der Waals surface area contributed by atoms with Crippen LogP contribution in [0, 0.1) is 0 Å². The van der Waals surface area contributed by atoms with E-state index in [9.17, 15) is 4.79 Å². The van der Waals surface area contributed by atoms with Crippen LogP contribution in [0.5, 0.6) is 0 Å². The molecule has 0 spiro atoms. The summed E-state index contributed by atoms with van der Waals surface area (Å²) in [5.41, 5.74) is 1.39. The van der Waals surface area contributed by atoms with E-state index in [1.807, 2.05) is 0 Å². The summed E-state index contributed by atoms with van der Waals surface area (Å²) >= 11 is 0. The first-order valence-corrected chi connectivity index (χ1v) is 9.77. The van der Waals surface area contributed by atoms with Crippen LogP contribution in [0.1, 0.15) is 69.8 Å². The third-order valence-electron chi connectivity index (χ3n) is 4.18. The van der Waals surface area contributed by atoms with Crippen molar-refractivity contribution < 1.29 is 14.6 Å². The molecule has 0 aliphatic rings. The van der Waals surface area contributed by atoms with Gasteiger partial charge in [0.2, 0.25) is 0 Å². The third-order valence-corrected chi connectivity index (χ3v) is 4.18. The maximum absolute atomic E-state index is 10.4. The van der Waals surface area contributed by atoms with Crippen molar-refractivity contribution in [2.24, 2.45) is 0 Å². The van der Waals surface area contributed by atoms with Gasteiger partial charge in [0.1, 0.15) is 0 Å². The summed E-state index contributed by atoms with van der Waals surface area (Å²) in [6.07, 6.45) is 15.7. The van der Waals surface area contributed by atoms with Gasteiger partial charge in [-0.25, -0.2) is 0 Å². The average molecular weight is 347 g/mol. The average Bonchev–Trinajstić information content (AvgIpc) is 2.62. The van der Waals surface area contributed by atoms with Crippen LogP contribution in [0.3, 0.4) is 0 Å². The molecule has 0 amide bonds. The SMILES string of the molecule is O=C(O)CCC/C=C\CCCCCCCOCCCc1ccccc1. The van der Waals surface area contributed by atoms with Crippen LogP contribution in [-0.2, 0) is 16.0 Å². The van der Waals surface area contributed by atoms with E-state index in [1.54, 1.807) is 0 Å². The number of benzene rings is 1. The van der Waals surface area contributed by atoms with Gasteiger partial charge in [0.25, 0.3) is 0 Å². The minimum Gasteiger partial charge on any atom is -0.481 e. The number of carbonyl (C=O) groups is 1. The first-order valence-electron chi connectivity index (χ1n) is 9.77. The van der Waals surface area contributed by atoms with Crippen LogP contribution in [-0.4, -0.2) is 24.3 Å². The molecule has 0 unspecified atom stereocenters. The highest BCUT2D eigenvalue weighted by atomic mass is 16.5. The molecule has 0 atom stereocenters. The fourth-order valence-electron chi connectivity index (χ4n) is 2.73. The molecule has 1 aromatic carbocycles. The van der Waals surface area contributed by atoms with E-state index < -0.39 is 5.97 Å². The van der Waals surface area contributed by atoms with Gasteiger partial charge < -0.3 is 9.84 Å². The molecule has 0 aliphatic heterocycles. The molecule has 0 aromatic heterocycles. The van der Waals surface area contributed by atoms with Crippen LogP contribution >= 0.6 is 0 Å². The van der Waals surface area contributed by atoms with Crippen molar-refractivity contribution in [2.75, 3.05) is 13.2 Å². The maximum Gasteiger partial charge on any atom is 0.303 e. The number of aliphatic carboxylic acids is 1. The number of hydrogen-bond acceptors (Lipinski definition) is 2. The number of rotatable bonds is 16. The van der Waals surface area contributed by atoms with Crippen molar-refractivity contribution in [3.8, 4) is 0 Å². The summed E-state index contributed by atoms with van der Waals surface area (Å²) < 4.78 is 5.70. The Balaban J connectivity index is 1.76. The lowest BCUT2D eigenvalue weighted by atomic mass is 10.1. The van der Waals surface area contributed by atoms with Crippen LogP contribution in [0.25, 0.3) is 0 Å². The summed E-state index contributed by atoms with van der Waals surface area (Å²) in [5.74, 6) is -0.700. The summed E-state index contributed by atoms with van der Waals surface area (Å²) in [4.78, 5) is 10.4. The topological polar surface area (TPSA) is 46.5 Å². The summed E-state index contributed by atoms with van der Waals surface area (Å²) in [7, 11) is 0. The largest absolute Gasteiger partial charge is 0.481 e. The Morgan fingerprint density at radius 1 is 0.840 bits per heavy atom. The molecule has 0 saturated heterocycles. The minimum absolute atomic E-state index is 0.276. The lowest BCUT2D eigenvalue weighted by molar-refractivity contribution is -0.137. The monoisotopic (exact) mass is 346 g/mol. The minimum atomic E-state index is -0.700. The summed E-state index contributed by atoms with van der Waals surface area (Å²) in [5, 5.41) is 8.53. The van der Waals surface area contributed by atoms with Crippen molar-refractivity contribution >= 4 is 5.97 Å². The highest BCUT2D eigenvalue weighted by molar-refractivity contribution is 5.66. The molecular formula is C22H34O3. The number of unbranched alkanes of at least 4 members (excludes halogenated alkanes) is 6. The van der Waals surface area contributed by atoms with Crippen LogP contribution in [0.15, 0.2) is 42.5 Å². The second-order valence-corrected chi connectivity index (χ2v) is 6.52. The zero-order chi connectivity index (χ0) is 18.0.